The quantitative estimate of drug-likeness (QED) is 0.535. The van der Waals surface area contributed by atoms with E-state index in [1.165, 1.54) is 0 Å². The highest BCUT2D eigenvalue weighted by Crippen LogP contribution is 2.21. The Morgan fingerprint density at radius 2 is 1.77 bits per heavy atom. The number of rotatable bonds is 4. The van der Waals surface area contributed by atoms with Crippen molar-refractivity contribution in [3.05, 3.63) is 82.1 Å². The minimum absolute atomic E-state index is 0.225. The maximum absolute atomic E-state index is 12.1. The van der Waals surface area contributed by atoms with E-state index >= 15 is 0 Å². The predicted octanol–water partition coefficient (Wildman–Crippen LogP) is 4.22. The van der Waals surface area contributed by atoms with Crippen molar-refractivity contribution >= 4 is 23.7 Å². The van der Waals surface area contributed by atoms with Crippen LogP contribution in [-0.4, -0.2) is 21.8 Å². The lowest BCUT2D eigenvalue weighted by Crippen LogP contribution is -2.17. The Hall–Kier alpha value is -3.05. The molecule has 2 aromatic carbocycles. The molecule has 0 aliphatic rings. The monoisotopic (exact) mass is 367 g/mol. The van der Waals surface area contributed by atoms with E-state index < -0.39 is 0 Å². The molecule has 132 valence electrons. The maximum atomic E-state index is 12.1. The van der Waals surface area contributed by atoms with Gasteiger partial charge in [-0.25, -0.2) is 5.43 Å². The van der Waals surface area contributed by atoms with Crippen molar-refractivity contribution in [2.45, 2.75) is 13.8 Å². The third-order valence-corrected chi connectivity index (χ3v) is 4.31. The number of aryl methyl sites for hydroxylation is 1. The third kappa shape index (κ3) is 3.78. The third-order valence-electron chi connectivity index (χ3n) is 4.05. The Bertz CT molecular complexity index is 958. The van der Waals surface area contributed by atoms with Gasteiger partial charge in [0.25, 0.3) is 5.91 Å². The number of hydrogen-bond donors (Lipinski definition) is 2. The Morgan fingerprint density at radius 1 is 1.12 bits per heavy atom. The molecule has 1 aromatic heterocycles. The lowest BCUT2D eigenvalue weighted by atomic mass is 10.2. The van der Waals surface area contributed by atoms with E-state index in [0.717, 1.165) is 22.6 Å². The molecule has 0 bridgehead atoms. The zero-order valence-corrected chi connectivity index (χ0v) is 15.2. The molecule has 6 heteroatoms. The number of phenols is 1. The van der Waals surface area contributed by atoms with E-state index in [0.29, 0.717) is 10.6 Å². The molecule has 5 nitrogen and oxygen atoms in total. The summed E-state index contributed by atoms with van der Waals surface area (Å²) < 4.78 is 2.06. The zero-order valence-electron chi connectivity index (χ0n) is 14.4. The molecule has 0 spiro atoms. The SMILES string of the molecule is Cc1cc(/C=N\NC(=O)c2ccc(Cl)cc2)c(C)n1-c1ccc(O)cc1. The summed E-state index contributed by atoms with van der Waals surface area (Å²) in [5.74, 6) is -0.0758. The van der Waals surface area contributed by atoms with Crippen LogP contribution in [0.4, 0.5) is 0 Å². The Balaban J connectivity index is 1.77. The van der Waals surface area contributed by atoms with Crippen molar-refractivity contribution in [3.63, 3.8) is 0 Å². The summed E-state index contributed by atoms with van der Waals surface area (Å²) >= 11 is 5.82. The number of halogens is 1. The fourth-order valence-corrected chi connectivity index (χ4v) is 2.87. The fraction of sp³-hybridized carbons (Fsp3) is 0.100. The average molecular weight is 368 g/mol. The van der Waals surface area contributed by atoms with Crippen molar-refractivity contribution in [2.24, 2.45) is 5.10 Å². The molecule has 3 aromatic rings. The minimum atomic E-state index is -0.301. The number of carbonyl (C=O) groups is 1. The van der Waals surface area contributed by atoms with Gasteiger partial charge in [0.05, 0.1) is 6.21 Å². The second-order valence-corrected chi connectivity index (χ2v) is 6.32. The number of benzene rings is 2. The molecule has 0 aliphatic carbocycles. The molecule has 0 radical (unpaired) electrons. The van der Waals surface area contributed by atoms with Gasteiger partial charge in [0.2, 0.25) is 0 Å². The molecule has 0 aliphatic heterocycles. The van der Waals surface area contributed by atoms with Crippen LogP contribution in [0.15, 0.2) is 59.7 Å². The smallest absolute Gasteiger partial charge is 0.271 e. The van der Waals surface area contributed by atoms with Crippen molar-refractivity contribution in [3.8, 4) is 11.4 Å². The predicted molar refractivity (Wildman–Crippen MR) is 103 cm³/mol. The Morgan fingerprint density at radius 3 is 2.42 bits per heavy atom. The molecule has 0 unspecified atom stereocenters. The zero-order chi connectivity index (χ0) is 18.7. The normalized spacial score (nSPS) is 11.0. The van der Waals surface area contributed by atoms with Gasteiger partial charge in [-0.15, -0.1) is 0 Å². The molecule has 3 rings (SSSR count). The first-order valence-electron chi connectivity index (χ1n) is 8.03. The first kappa shape index (κ1) is 17.8. The second-order valence-electron chi connectivity index (χ2n) is 5.88. The van der Waals surface area contributed by atoms with Crippen LogP contribution in [0.2, 0.25) is 5.02 Å². The van der Waals surface area contributed by atoms with Crippen LogP contribution in [-0.2, 0) is 0 Å². The summed E-state index contributed by atoms with van der Waals surface area (Å²) in [4.78, 5) is 12.1. The molecule has 0 fully saturated rings. The number of nitrogens with zero attached hydrogens (tertiary/aromatic N) is 2. The van der Waals surface area contributed by atoms with Crippen LogP contribution in [0.25, 0.3) is 5.69 Å². The number of carbonyl (C=O) groups excluding carboxylic acids is 1. The number of phenolic OH excluding ortho intramolecular Hbond substituents is 1. The highest BCUT2D eigenvalue weighted by molar-refractivity contribution is 6.30. The molecule has 1 amide bonds. The molecule has 26 heavy (non-hydrogen) atoms. The van der Waals surface area contributed by atoms with Gasteiger partial charge in [-0.1, -0.05) is 11.6 Å². The van der Waals surface area contributed by atoms with Gasteiger partial charge in [0.1, 0.15) is 5.75 Å². The summed E-state index contributed by atoms with van der Waals surface area (Å²) in [6.07, 6.45) is 1.62. The van der Waals surface area contributed by atoms with Gasteiger partial charge in [0, 0.05) is 33.2 Å². The lowest BCUT2D eigenvalue weighted by Gasteiger charge is -2.09. The highest BCUT2D eigenvalue weighted by atomic mass is 35.5. The summed E-state index contributed by atoms with van der Waals surface area (Å²) in [5.41, 5.74) is 6.86. The number of hydrazone groups is 1. The van der Waals surface area contributed by atoms with Gasteiger partial charge in [-0.05, 0) is 68.4 Å². The van der Waals surface area contributed by atoms with Crippen LogP contribution in [0, 0.1) is 13.8 Å². The molecular formula is C20H18ClN3O2. The molecule has 0 saturated heterocycles. The van der Waals surface area contributed by atoms with Crippen LogP contribution in [0.3, 0.4) is 0 Å². The first-order valence-corrected chi connectivity index (χ1v) is 8.41. The largest absolute Gasteiger partial charge is 0.508 e. The summed E-state index contributed by atoms with van der Waals surface area (Å²) in [6, 6.07) is 15.6. The van der Waals surface area contributed by atoms with Gasteiger partial charge >= 0.3 is 0 Å². The summed E-state index contributed by atoms with van der Waals surface area (Å²) in [5, 5.41) is 14.1. The standard InChI is InChI=1S/C20H18ClN3O2/c1-13-11-16(14(2)24(13)18-7-9-19(25)10-8-18)12-22-23-20(26)15-3-5-17(21)6-4-15/h3-12,25H,1-2H3,(H,23,26)/b22-12-. The van der Waals surface area contributed by atoms with E-state index in [2.05, 4.69) is 15.1 Å². The lowest BCUT2D eigenvalue weighted by molar-refractivity contribution is 0.0955. The van der Waals surface area contributed by atoms with E-state index in [4.69, 9.17) is 11.6 Å². The fourth-order valence-electron chi connectivity index (χ4n) is 2.74. The van der Waals surface area contributed by atoms with Crippen LogP contribution in [0.1, 0.15) is 27.3 Å². The van der Waals surface area contributed by atoms with E-state index in [1.807, 2.05) is 32.0 Å². The first-order chi connectivity index (χ1) is 12.5. The molecule has 0 saturated carbocycles. The van der Waals surface area contributed by atoms with Gasteiger partial charge in [-0.2, -0.15) is 5.10 Å². The molecule has 2 N–H and O–H groups in total. The van der Waals surface area contributed by atoms with Crippen LogP contribution in [0.5, 0.6) is 5.75 Å². The molecule has 1 heterocycles. The van der Waals surface area contributed by atoms with Gasteiger partial charge in [-0.3, -0.25) is 4.79 Å². The highest BCUT2D eigenvalue weighted by Gasteiger charge is 2.10. The van der Waals surface area contributed by atoms with E-state index in [1.54, 1.807) is 42.6 Å². The summed E-state index contributed by atoms with van der Waals surface area (Å²) in [6.45, 7) is 3.96. The summed E-state index contributed by atoms with van der Waals surface area (Å²) in [7, 11) is 0. The minimum Gasteiger partial charge on any atom is -0.508 e. The number of nitrogens with one attached hydrogen (secondary N) is 1. The Labute approximate surface area is 156 Å². The van der Waals surface area contributed by atoms with Crippen molar-refractivity contribution < 1.29 is 9.90 Å². The second kappa shape index (κ2) is 7.45. The average Bonchev–Trinajstić information content (AvgIpc) is 2.90. The molecule has 0 atom stereocenters. The van der Waals surface area contributed by atoms with Crippen LogP contribution >= 0.6 is 11.6 Å². The van der Waals surface area contributed by atoms with Crippen molar-refractivity contribution in [1.29, 1.82) is 0 Å². The van der Waals surface area contributed by atoms with Crippen molar-refractivity contribution in [2.75, 3.05) is 0 Å². The van der Waals surface area contributed by atoms with E-state index in [9.17, 15) is 9.90 Å². The number of aromatic nitrogens is 1. The molecular weight excluding hydrogens is 350 g/mol. The number of hydrogen-bond acceptors (Lipinski definition) is 3. The van der Waals surface area contributed by atoms with Gasteiger partial charge < -0.3 is 9.67 Å². The van der Waals surface area contributed by atoms with E-state index in [-0.39, 0.29) is 11.7 Å². The number of aromatic hydroxyl groups is 1. The van der Waals surface area contributed by atoms with Gasteiger partial charge in [0.15, 0.2) is 0 Å². The van der Waals surface area contributed by atoms with Crippen molar-refractivity contribution in [1.82, 2.24) is 9.99 Å². The maximum Gasteiger partial charge on any atom is 0.271 e. The number of amides is 1. The van der Waals surface area contributed by atoms with Crippen LogP contribution < -0.4 is 5.43 Å². The Kier molecular flexibility index (Phi) is 5.09. The topological polar surface area (TPSA) is 66.6 Å².